The molecule has 0 bridgehead atoms. The maximum Gasteiger partial charge on any atom is 0.335 e. The molecule has 9 heteroatoms. The molecule has 26 heavy (non-hydrogen) atoms. The molecule has 140 valence electrons. The Morgan fingerprint density at radius 3 is 2.65 bits per heavy atom. The molecular weight excluding hydrogens is 426 g/mol. The second kappa shape index (κ2) is 9.02. The van der Waals surface area contributed by atoms with E-state index in [0.29, 0.717) is 17.7 Å². The summed E-state index contributed by atoms with van der Waals surface area (Å²) in [4.78, 5) is 11.0. The Morgan fingerprint density at radius 2 is 1.96 bits per heavy atom. The average Bonchev–Trinajstić information content (AvgIpc) is 2.59. The van der Waals surface area contributed by atoms with Crippen molar-refractivity contribution in [2.24, 2.45) is 0 Å². The molecule has 0 aromatic heterocycles. The van der Waals surface area contributed by atoms with E-state index in [4.69, 9.17) is 14.6 Å². The minimum atomic E-state index is -3.99. The molecular formula is C17H18BrNO6S. The molecule has 0 saturated heterocycles. The SMILES string of the molecule is CCOCCOc1ccc(Br)cc1S(=O)(=O)Nc1cccc(C(=O)O)c1. The number of carboxylic acid groups (broad SMARTS) is 1. The zero-order valence-electron chi connectivity index (χ0n) is 13.9. The van der Waals surface area contributed by atoms with Gasteiger partial charge >= 0.3 is 5.97 Å². The van der Waals surface area contributed by atoms with Crippen LogP contribution in [0.1, 0.15) is 17.3 Å². The number of hydrogen-bond acceptors (Lipinski definition) is 5. The second-order valence-electron chi connectivity index (χ2n) is 5.13. The summed E-state index contributed by atoms with van der Waals surface area (Å²) in [6.07, 6.45) is 0. The van der Waals surface area contributed by atoms with Crippen molar-refractivity contribution in [3.8, 4) is 5.75 Å². The fourth-order valence-electron chi connectivity index (χ4n) is 2.09. The molecule has 0 fully saturated rings. The maximum absolute atomic E-state index is 12.8. The Balaban J connectivity index is 2.28. The molecule has 0 aliphatic rings. The van der Waals surface area contributed by atoms with Crippen molar-refractivity contribution in [2.75, 3.05) is 24.5 Å². The summed E-state index contributed by atoms with van der Waals surface area (Å²) < 4.78 is 39.1. The van der Waals surface area contributed by atoms with E-state index >= 15 is 0 Å². The van der Waals surface area contributed by atoms with Crippen molar-refractivity contribution in [3.63, 3.8) is 0 Å². The predicted molar refractivity (Wildman–Crippen MR) is 100 cm³/mol. The largest absolute Gasteiger partial charge is 0.490 e. The number of carbonyl (C=O) groups is 1. The van der Waals surface area contributed by atoms with Gasteiger partial charge in [-0.1, -0.05) is 22.0 Å². The molecule has 0 spiro atoms. The third-order valence-electron chi connectivity index (χ3n) is 3.25. The number of halogens is 1. The van der Waals surface area contributed by atoms with Crippen molar-refractivity contribution in [1.29, 1.82) is 0 Å². The summed E-state index contributed by atoms with van der Waals surface area (Å²) in [6.45, 7) is 2.92. The Bertz CT molecular complexity index is 885. The topological polar surface area (TPSA) is 102 Å². The highest BCUT2D eigenvalue weighted by molar-refractivity contribution is 9.10. The first-order valence-corrected chi connectivity index (χ1v) is 9.97. The highest BCUT2D eigenvalue weighted by atomic mass is 79.9. The first-order chi connectivity index (χ1) is 12.3. The quantitative estimate of drug-likeness (QED) is 0.576. The van der Waals surface area contributed by atoms with Gasteiger partial charge in [0.25, 0.3) is 10.0 Å². The highest BCUT2D eigenvalue weighted by Crippen LogP contribution is 2.29. The standard InChI is InChI=1S/C17H18BrNO6S/c1-2-24-8-9-25-15-7-6-13(18)11-16(15)26(22,23)19-14-5-3-4-12(10-14)17(20)21/h3-7,10-11,19H,2,8-9H2,1H3,(H,20,21). The summed E-state index contributed by atoms with van der Waals surface area (Å²) in [6, 6.07) is 10.2. The van der Waals surface area contributed by atoms with Gasteiger partial charge in [-0.05, 0) is 43.3 Å². The number of ether oxygens (including phenoxy) is 2. The van der Waals surface area contributed by atoms with Crippen molar-refractivity contribution in [1.82, 2.24) is 0 Å². The highest BCUT2D eigenvalue weighted by Gasteiger charge is 2.21. The lowest BCUT2D eigenvalue weighted by atomic mass is 10.2. The molecule has 0 radical (unpaired) electrons. The van der Waals surface area contributed by atoms with Crippen LogP contribution in [0.4, 0.5) is 5.69 Å². The van der Waals surface area contributed by atoms with Crippen LogP contribution in [-0.4, -0.2) is 39.3 Å². The third-order valence-corrected chi connectivity index (χ3v) is 5.14. The number of aromatic carboxylic acids is 1. The van der Waals surface area contributed by atoms with Crippen LogP contribution in [0.2, 0.25) is 0 Å². The van der Waals surface area contributed by atoms with E-state index in [-0.39, 0.29) is 28.5 Å². The maximum atomic E-state index is 12.8. The van der Waals surface area contributed by atoms with Crippen LogP contribution in [-0.2, 0) is 14.8 Å². The van der Waals surface area contributed by atoms with Gasteiger partial charge in [0, 0.05) is 16.8 Å². The van der Waals surface area contributed by atoms with Crippen molar-refractivity contribution in [2.45, 2.75) is 11.8 Å². The molecule has 2 N–H and O–H groups in total. The number of rotatable bonds is 9. The molecule has 2 aromatic carbocycles. The van der Waals surface area contributed by atoms with E-state index in [1.165, 1.54) is 36.4 Å². The van der Waals surface area contributed by atoms with Crippen molar-refractivity contribution < 1.29 is 27.8 Å². The summed E-state index contributed by atoms with van der Waals surface area (Å²) in [5.74, 6) is -0.969. The summed E-state index contributed by atoms with van der Waals surface area (Å²) >= 11 is 3.25. The van der Waals surface area contributed by atoms with Crippen molar-refractivity contribution >= 4 is 37.6 Å². The van der Waals surface area contributed by atoms with Crippen LogP contribution < -0.4 is 9.46 Å². The molecule has 0 aliphatic heterocycles. The van der Waals surface area contributed by atoms with Crippen molar-refractivity contribution in [3.05, 3.63) is 52.5 Å². The Hall–Kier alpha value is -2.10. The van der Waals surface area contributed by atoms with Gasteiger partial charge in [0.15, 0.2) is 0 Å². The number of nitrogens with one attached hydrogen (secondary N) is 1. The van der Waals surface area contributed by atoms with E-state index in [0.717, 1.165) is 0 Å². The van der Waals surface area contributed by atoms with Crippen LogP contribution in [0.3, 0.4) is 0 Å². The zero-order chi connectivity index (χ0) is 19.2. The zero-order valence-corrected chi connectivity index (χ0v) is 16.3. The summed E-state index contributed by atoms with van der Waals surface area (Å²) in [5, 5.41) is 9.03. The minimum absolute atomic E-state index is 0.0207. The lowest BCUT2D eigenvalue weighted by Gasteiger charge is -2.14. The summed E-state index contributed by atoms with van der Waals surface area (Å²) in [7, 11) is -3.99. The first kappa shape index (κ1) is 20.2. The van der Waals surface area contributed by atoms with Gasteiger partial charge in [-0.15, -0.1) is 0 Å². The number of sulfonamides is 1. The molecule has 0 aliphatic carbocycles. The van der Waals surface area contributed by atoms with Gasteiger partial charge in [-0.25, -0.2) is 13.2 Å². The fraction of sp³-hybridized carbons (Fsp3) is 0.235. The smallest absolute Gasteiger partial charge is 0.335 e. The van der Waals surface area contributed by atoms with Crippen LogP contribution >= 0.6 is 15.9 Å². The molecule has 0 heterocycles. The summed E-state index contributed by atoms with van der Waals surface area (Å²) in [5.41, 5.74) is 0.123. The number of benzene rings is 2. The molecule has 0 amide bonds. The molecule has 2 rings (SSSR count). The van der Waals surface area contributed by atoms with E-state index in [1.807, 2.05) is 6.92 Å². The van der Waals surface area contributed by atoms with Gasteiger partial charge in [0.2, 0.25) is 0 Å². The first-order valence-electron chi connectivity index (χ1n) is 7.69. The second-order valence-corrected chi connectivity index (χ2v) is 7.69. The Labute approximate surface area is 160 Å². The number of anilines is 1. The lowest BCUT2D eigenvalue weighted by Crippen LogP contribution is -2.16. The number of carboxylic acids is 1. The molecule has 0 saturated carbocycles. The van der Waals surface area contributed by atoms with Gasteiger partial charge in [0.05, 0.1) is 12.2 Å². The predicted octanol–water partition coefficient (Wildman–Crippen LogP) is 3.36. The van der Waals surface area contributed by atoms with Gasteiger partial charge in [0.1, 0.15) is 17.3 Å². The lowest BCUT2D eigenvalue weighted by molar-refractivity contribution is 0.0697. The van der Waals surface area contributed by atoms with Crippen LogP contribution in [0.5, 0.6) is 5.75 Å². The Kier molecular flexibility index (Phi) is 7.01. The monoisotopic (exact) mass is 443 g/mol. The van der Waals surface area contributed by atoms with Gasteiger partial charge in [-0.2, -0.15) is 0 Å². The number of hydrogen-bond donors (Lipinski definition) is 2. The van der Waals surface area contributed by atoms with Crippen LogP contribution in [0, 0.1) is 0 Å². The van der Waals surface area contributed by atoms with E-state index < -0.39 is 16.0 Å². The average molecular weight is 444 g/mol. The van der Waals surface area contributed by atoms with Crippen LogP contribution in [0.15, 0.2) is 51.8 Å². The Morgan fingerprint density at radius 1 is 1.19 bits per heavy atom. The van der Waals surface area contributed by atoms with Gasteiger partial charge < -0.3 is 14.6 Å². The van der Waals surface area contributed by atoms with E-state index in [9.17, 15) is 13.2 Å². The van der Waals surface area contributed by atoms with E-state index in [2.05, 4.69) is 20.7 Å². The molecule has 0 unspecified atom stereocenters. The van der Waals surface area contributed by atoms with E-state index in [1.54, 1.807) is 6.07 Å². The minimum Gasteiger partial charge on any atom is -0.490 e. The molecule has 2 aromatic rings. The third kappa shape index (κ3) is 5.45. The molecule has 7 nitrogen and oxygen atoms in total. The fourth-order valence-corrected chi connectivity index (χ4v) is 3.83. The normalized spacial score (nSPS) is 11.2. The van der Waals surface area contributed by atoms with Gasteiger partial charge in [-0.3, -0.25) is 4.72 Å². The van der Waals surface area contributed by atoms with Crippen LogP contribution in [0.25, 0.3) is 0 Å². The molecule has 0 atom stereocenters.